The van der Waals surface area contributed by atoms with Crippen molar-refractivity contribution in [2.45, 2.75) is 4.90 Å². The van der Waals surface area contributed by atoms with Gasteiger partial charge in [0.1, 0.15) is 0 Å². The van der Waals surface area contributed by atoms with Crippen LogP contribution in [0.3, 0.4) is 0 Å². The Bertz CT molecular complexity index is 675. The van der Waals surface area contributed by atoms with Crippen LogP contribution in [0.2, 0.25) is 5.02 Å². The summed E-state index contributed by atoms with van der Waals surface area (Å²) in [7, 11) is 0. The van der Waals surface area contributed by atoms with Crippen molar-refractivity contribution in [3.63, 3.8) is 0 Å². The van der Waals surface area contributed by atoms with Gasteiger partial charge in [-0.15, -0.1) is 11.3 Å². The van der Waals surface area contributed by atoms with Gasteiger partial charge in [0.05, 0.1) is 12.1 Å². The summed E-state index contributed by atoms with van der Waals surface area (Å²) in [6.07, 6.45) is 0. The number of hydrogen-bond donors (Lipinski definition) is 0. The first-order valence-corrected chi connectivity index (χ1v) is 6.59. The smallest absolute Gasteiger partial charge is 0.0812 e. The van der Waals surface area contributed by atoms with Gasteiger partial charge in [0.2, 0.25) is 0 Å². The second-order valence-electron chi connectivity index (χ2n) is 3.48. The average molecular weight is 269 g/mol. The highest BCUT2D eigenvalue weighted by Crippen LogP contribution is 2.37. The SMILES string of the molecule is FSc1ccc2sc3ccc(Cl)cc3c2c1. The molecule has 0 aliphatic carbocycles. The largest absolute Gasteiger partial charge is 0.160 e. The van der Waals surface area contributed by atoms with Gasteiger partial charge in [-0.3, -0.25) is 0 Å². The van der Waals surface area contributed by atoms with E-state index in [1.165, 1.54) is 4.70 Å². The van der Waals surface area contributed by atoms with E-state index in [2.05, 4.69) is 0 Å². The van der Waals surface area contributed by atoms with Crippen LogP contribution in [-0.2, 0) is 0 Å². The van der Waals surface area contributed by atoms with Crippen LogP contribution in [0.4, 0.5) is 3.89 Å². The van der Waals surface area contributed by atoms with Gasteiger partial charge in [0.15, 0.2) is 0 Å². The minimum absolute atomic E-state index is 0.271. The molecule has 0 spiro atoms. The molecule has 0 radical (unpaired) electrons. The Kier molecular flexibility index (Phi) is 2.54. The quantitative estimate of drug-likeness (QED) is 0.547. The van der Waals surface area contributed by atoms with Crippen molar-refractivity contribution in [1.82, 2.24) is 0 Å². The highest BCUT2D eigenvalue weighted by molar-refractivity contribution is 7.94. The van der Waals surface area contributed by atoms with Gasteiger partial charge in [-0.1, -0.05) is 11.6 Å². The Balaban J connectivity index is 2.44. The fourth-order valence-corrected chi connectivity index (χ4v) is 3.30. The topological polar surface area (TPSA) is 0 Å². The third kappa shape index (κ3) is 1.59. The van der Waals surface area contributed by atoms with Gasteiger partial charge in [-0.05, 0) is 36.4 Å². The minimum atomic E-state index is 0.271. The summed E-state index contributed by atoms with van der Waals surface area (Å²) in [5.41, 5.74) is 0. The van der Waals surface area contributed by atoms with E-state index in [9.17, 15) is 3.89 Å². The fraction of sp³-hybridized carbons (Fsp3) is 0. The predicted octanol–water partition coefficient (Wildman–Crippen LogP) is 5.68. The maximum absolute atomic E-state index is 12.5. The molecule has 0 amide bonds. The highest BCUT2D eigenvalue weighted by Gasteiger charge is 2.06. The van der Waals surface area contributed by atoms with Gasteiger partial charge in [0.25, 0.3) is 0 Å². The summed E-state index contributed by atoms with van der Waals surface area (Å²) in [5.74, 6) is 0. The van der Waals surface area contributed by atoms with Gasteiger partial charge in [-0.25, -0.2) is 0 Å². The Labute approximate surface area is 105 Å². The van der Waals surface area contributed by atoms with Crippen LogP contribution in [-0.4, -0.2) is 0 Å². The van der Waals surface area contributed by atoms with Crippen molar-refractivity contribution >= 4 is 55.3 Å². The van der Waals surface area contributed by atoms with E-state index in [4.69, 9.17) is 11.6 Å². The molecule has 0 fully saturated rings. The zero-order valence-electron chi connectivity index (χ0n) is 8.04. The molecule has 80 valence electrons. The Morgan fingerprint density at radius 1 is 1.00 bits per heavy atom. The lowest BCUT2D eigenvalue weighted by atomic mass is 10.1. The lowest BCUT2D eigenvalue weighted by molar-refractivity contribution is 0.934. The normalized spacial score (nSPS) is 11.4. The van der Waals surface area contributed by atoms with Gasteiger partial charge >= 0.3 is 0 Å². The van der Waals surface area contributed by atoms with Crippen molar-refractivity contribution in [2.24, 2.45) is 0 Å². The maximum Gasteiger partial charge on any atom is 0.0812 e. The molecule has 16 heavy (non-hydrogen) atoms. The van der Waals surface area contributed by atoms with Gasteiger partial charge in [-0.2, -0.15) is 3.89 Å². The highest BCUT2D eigenvalue weighted by atomic mass is 35.5. The summed E-state index contributed by atoms with van der Waals surface area (Å²) >= 11 is 7.95. The summed E-state index contributed by atoms with van der Waals surface area (Å²) < 4.78 is 14.9. The van der Waals surface area contributed by atoms with E-state index in [1.54, 1.807) is 17.4 Å². The van der Waals surface area contributed by atoms with E-state index < -0.39 is 0 Å². The molecule has 0 atom stereocenters. The summed E-state index contributed by atoms with van der Waals surface area (Å²) in [6.45, 7) is 0. The maximum atomic E-state index is 12.5. The van der Waals surface area contributed by atoms with Crippen LogP contribution in [0, 0.1) is 0 Å². The first-order chi connectivity index (χ1) is 7.78. The average Bonchev–Trinajstić information content (AvgIpc) is 2.66. The molecule has 3 rings (SSSR count). The molecule has 4 heteroatoms. The van der Waals surface area contributed by atoms with Crippen molar-refractivity contribution in [1.29, 1.82) is 0 Å². The standard InChI is InChI=1S/C12H6ClFS2/c13-7-1-3-11-9(5-7)10-6-8(16-14)2-4-12(10)15-11/h1-6H. The van der Waals surface area contributed by atoms with Gasteiger partial charge < -0.3 is 0 Å². The summed E-state index contributed by atoms with van der Waals surface area (Å²) in [4.78, 5) is 0.632. The van der Waals surface area contributed by atoms with Crippen molar-refractivity contribution in [3.05, 3.63) is 41.4 Å². The van der Waals surface area contributed by atoms with Crippen molar-refractivity contribution in [2.75, 3.05) is 0 Å². The summed E-state index contributed by atoms with van der Waals surface area (Å²) in [6, 6.07) is 11.4. The number of benzene rings is 2. The zero-order valence-corrected chi connectivity index (χ0v) is 10.4. The monoisotopic (exact) mass is 268 g/mol. The lowest BCUT2D eigenvalue weighted by Crippen LogP contribution is -1.69. The van der Waals surface area contributed by atoms with Crippen molar-refractivity contribution in [3.8, 4) is 0 Å². The molecule has 2 aromatic carbocycles. The summed E-state index contributed by atoms with van der Waals surface area (Å²) in [5, 5.41) is 2.89. The molecular weight excluding hydrogens is 263 g/mol. The zero-order chi connectivity index (χ0) is 11.1. The van der Waals surface area contributed by atoms with Crippen LogP contribution in [0.25, 0.3) is 20.2 Å². The molecule has 3 aromatic rings. The number of rotatable bonds is 1. The predicted molar refractivity (Wildman–Crippen MR) is 71.3 cm³/mol. The molecule has 0 unspecified atom stereocenters. The minimum Gasteiger partial charge on any atom is -0.160 e. The molecule has 0 aliphatic heterocycles. The third-order valence-corrected chi connectivity index (χ3v) is 4.31. The van der Waals surface area contributed by atoms with Crippen LogP contribution in [0.5, 0.6) is 0 Å². The van der Waals surface area contributed by atoms with E-state index in [-0.39, 0.29) is 12.1 Å². The molecule has 0 nitrogen and oxygen atoms in total. The molecule has 0 aliphatic rings. The number of hydrogen-bond acceptors (Lipinski definition) is 2. The number of fused-ring (bicyclic) bond motifs is 3. The van der Waals surface area contributed by atoms with E-state index >= 15 is 0 Å². The molecule has 0 saturated heterocycles. The molecule has 0 saturated carbocycles. The third-order valence-electron chi connectivity index (χ3n) is 2.49. The first-order valence-electron chi connectivity index (χ1n) is 4.68. The number of halogens is 2. The second-order valence-corrected chi connectivity index (χ2v) is 5.62. The Hall–Kier alpha value is -0.770. The van der Waals surface area contributed by atoms with Crippen LogP contribution < -0.4 is 0 Å². The number of thiophene rings is 1. The van der Waals surface area contributed by atoms with Crippen LogP contribution in [0.15, 0.2) is 41.3 Å². The van der Waals surface area contributed by atoms with Crippen LogP contribution >= 0.6 is 35.1 Å². The molecule has 1 aromatic heterocycles. The molecule has 1 heterocycles. The van der Waals surface area contributed by atoms with Crippen LogP contribution in [0.1, 0.15) is 0 Å². The first kappa shape index (κ1) is 10.4. The second kappa shape index (κ2) is 3.91. The molecule has 0 bridgehead atoms. The molecular formula is C12H6ClFS2. The Morgan fingerprint density at radius 3 is 2.44 bits per heavy atom. The van der Waals surface area contributed by atoms with Crippen molar-refractivity contribution < 1.29 is 3.89 Å². The van der Waals surface area contributed by atoms with E-state index in [0.717, 1.165) is 15.5 Å². The van der Waals surface area contributed by atoms with E-state index in [0.29, 0.717) is 9.92 Å². The lowest BCUT2D eigenvalue weighted by Gasteiger charge is -1.94. The Morgan fingerprint density at radius 2 is 1.69 bits per heavy atom. The fourth-order valence-electron chi connectivity index (χ4n) is 1.78. The van der Waals surface area contributed by atoms with E-state index in [1.807, 2.05) is 30.3 Å². The molecule has 0 N–H and O–H groups in total. The van der Waals surface area contributed by atoms with Gasteiger partial charge in [0, 0.05) is 30.1 Å².